The second-order valence-electron chi connectivity index (χ2n) is 4.12. The molecule has 1 atom stereocenters. The molecule has 0 spiro atoms. The summed E-state index contributed by atoms with van der Waals surface area (Å²) in [6, 6.07) is 3.78. The van der Waals surface area contributed by atoms with Gasteiger partial charge in [0.1, 0.15) is 0 Å². The van der Waals surface area contributed by atoms with Gasteiger partial charge in [0, 0.05) is 25.2 Å². The van der Waals surface area contributed by atoms with Crippen molar-refractivity contribution in [3.05, 3.63) is 28.2 Å². The van der Waals surface area contributed by atoms with Crippen molar-refractivity contribution >= 4 is 31.9 Å². The van der Waals surface area contributed by atoms with Crippen molar-refractivity contribution < 1.29 is 27.8 Å². The van der Waals surface area contributed by atoms with E-state index in [0.717, 1.165) is 6.07 Å². The van der Waals surface area contributed by atoms with E-state index in [1.54, 1.807) is 0 Å². The fraction of sp³-hybridized carbons (Fsp3) is 0.417. The molecule has 0 aliphatic heterocycles. The maximum atomic E-state index is 12.2. The van der Waals surface area contributed by atoms with Gasteiger partial charge in [-0.1, -0.05) is 0 Å². The summed E-state index contributed by atoms with van der Waals surface area (Å²) in [6.07, 6.45) is -0.439. The van der Waals surface area contributed by atoms with Crippen molar-refractivity contribution in [2.45, 2.75) is 11.0 Å². The van der Waals surface area contributed by atoms with Crippen LogP contribution in [0.25, 0.3) is 0 Å². The van der Waals surface area contributed by atoms with Crippen LogP contribution in [0.3, 0.4) is 0 Å². The third-order valence-electron chi connectivity index (χ3n) is 2.65. The predicted molar refractivity (Wildman–Crippen MR) is 79.0 cm³/mol. The Balaban J connectivity index is 2.97. The summed E-state index contributed by atoms with van der Waals surface area (Å²) in [5, 5.41) is 8.92. The minimum absolute atomic E-state index is 0.0103. The lowest BCUT2D eigenvalue weighted by Crippen LogP contribution is -2.35. The number of benzene rings is 1. The van der Waals surface area contributed by atoms with Gasteiger partial charge in [-0.3, -0.25) is 0 Å². The number of halogens is 1. The Morgan fingerprint density at radius 2 is 2.10 bits per heavy atom. The highest BCUT2D eigenvalue weighted by Gasteiger charge is 2.21. The van der Waals surface area contributed by atoms with Gasteiger partial charge >= 0.3 is 5.97 Å². The second-order valence-corrected chi connectivity index (χ2v) is 6.71. The topological polar surface area (TPSA) is 102 Å². The summed E-state index contributed by atoms with van der Waals surface area (Å²) in [5.41, 5.74) is -0.112. The van der Waals surface area contributed by atoms with Gasteiger partial charge in [0.15, 0.2) is 0 Å². The molecule has 7 nitrogen and oxygen atoms in total. The smallest absolute Gasteiger partial charge is 0.335 e. The second kappa shape index (κ2) is 7.85. The maximum Gasteiger partial charge on any atom is 0.335 e. The van der Waals surface area contributed by atoms with Crippen LogP contribution in [-0.4, -0.2) is 53.0 Å². The summed E-state index contributed by atoms with van der Waals surface area (Å²) in [7, 11) is -0.943. The number of carboxylic acids is 1. The number of methoxy groups -OCH3 is 2. The van der Waals surface area contributed by atoms with Crippen molar-refractivity contribution in [1.82, 2.24) is 4.72 Å². The van der Waals surface area contributed by atoms with Gasteiger partial charge in [-0.05, 0) is 34.1 Å². The van der Waals surface area contributed by atoms with Crippen LogP contribution in [0.4, 0.5) is 0 Å². The van der Waals surface area contributed by atoms with E-state index >= 15 is 0 Å². The zero-order chi connectivity index (χ0) is 16.0. The first kappa shape index (κ1) is 18.1. The molecular formula is C12H16BrNO6S. The zero-order valence-corrected chi connectivity index (χ0v) is 13.9. The lowest BCUT2D eigenvalue weighted by atomic mass is 10.2. The first-order valence-corrected chi connectivity index (χ1v) is 8.13. The van der Waals surface area contributed by atoms with Crippen LogP contribution in [0.1, 0.15) is 10.4 Å². The first-order chi connectivity index (χ1) is 9.81. The van der Waals surface area contributed by atoms with Crippen LogP contribution in [0.2, 0.25) is 0 Å². The molecule has 0 bridgehead atoms. The quantitative estimate of drug-likeness (QED) is 0.698. The molecule has 0 fully saturated rings. The third kappa shape index (κ3) is 5.04. The normalized spacial score (nSPS) is 13.1. The predicted octanol–water partition coefficient (Wildman–Crippen LogP) is 1.09. The molecule has 1 aromatic rings. The monoisotopic (exact) mass is 381 g/mol. The van der Waals surface area contributed by atoms with E-state index in [0.29, 0.717) is 0 Å². The largest absolute Gasteiger partial charge is 0.478 e. The lowest BCUT2D eigenvalue weighted by molar-refractivity contribution is 0.0320. The third-order valence-corrected chi connectivity index (χ3v) is 5.07. The van der Waals surface area contributed by atoms with Crippen molar-refractivity contribution in [3.8, 4) is 0 Å². The average molecular weight is 382 g/mol. The number of ether oxygens (including phenoxy) is 2. The standard InChI is InChI=1S/C12H16BrNO6S/c1-19-7-9(20-2)6-14-21(17,18)11-5-8(12(15)16)3-4-10(11)13/h3-5,9,14H,6-7H2,1-2H3,(H,15,16). The summed E-state index contributed by atoms with van der Waals surface area (Å²) < 4.78 is 37.0. The minimum atomic E-state index is -3.87. The molecule has 0 saturated carbocycles. The van der Waals surface area contributed by atoms with Gasteiger partial charge in [0.25, 0.3) is 0 Å². The van der Waals surface area contributed by atoms with Crippen molar-refractivity contribution in [3.63, 3.8) is 0 Å². The molecule has 118 valence electrons. The fourth-order valence-electron chi connectivity index (χ4n) is 1.52. The lowest BCUT2D eigenvalue weighted by Gasteiger charge is -2.15. The Kier molecular flexibility index (Phi) is 6.75. The van der Waals surface area contributed by atoms with Gasteiger partial charge < -0.3 is 14.6 Å². The Bertz CT molecular complexity index is 604. The van der Waals surface area contributed by atoms with Crippen LogP contribution < -0.4 is 4.72 Å². The molecule has 21 heavy (non-hydrogen) atoms. The molecule has 0 heterocycles. The average Bonchev–Trinajstić information content (AvgIpc) is 2.43. The number of carboxylic acid groups (broad SMARTS) is 1. The summed E-state index contributed by atoms with van der Waals surface area (Å²) in [6.45, 7) is 0.242. The van der Waals surface area contributed by atoms with Crippen LogP contribution in [0, 0.1) is 0 Å². The highest BCUT2D eigenvalue weighted by molar-refractivity contribution is 9.10. The number of hydrogen-bond donors (Lipinski definition) is 2. The molecule has 9 heteroatoms. The summed E-state index contributed by atoms with van der Waals surface area (Å²) in [5.74, 6) is -1.20. The van der Waals surface area contributed by atoms with Crippen LogP contribution in [0.5, 0.6) is 0 Å². The van der Waals surface area contributed by atoms with E-state index in [4.69, 9.17) is 14.6 Å². The van der Waals surface area contributed by atoms with E-state index in [-0.39, 0.29) is 28.1 Å². The number of sulfonamides is 1. The highest BCUT2D eigenvalue weighted by Crippen LogP contribution is 2.23. The van der Waals surface area contributed by atoms with Crippen molar-refractivity contribution in [2.75, 3.05) is 27.4 Å². The number of carbonyl (C=O) groups is 1. The number of hydrogen-bond acceptors (Lipinski definition) is 5. The molecule has 0 aliphatic carbocycles. The molecule has 0 radical (unpaired) electrons. The highest BCUT2D eigenvalue weighted by atomic mass is 79.9. The van der Waals surface area contributed by atoms with Crippen LogP contribution >= 0.6 is 15.9 Å². The Morgan fingerprint density at radius 3 is 2.62 bits per heavy atom. The number of nitrogens with one attached hydrogen (secondary N) is 1. The van der Waals surface area contributed by atoms with E-state index in [1.165, 1.54) is 26.4 Å². The van der Waals surface area contributed by atoms with Gasteiger partial charge in [0.2, 0.25) is 10.0 Å². The summed E-state index contributed by atoms with van der Waals surface area (Å²) in [4.78, 5) is 10.8. The molecule has 2 N–H and O–H groups in total. The molecule has 0 aromatic heterocycles. The molecule has 1 aromatic carbocycles. The molecule has 1 rings (SSSR count). The van der Waals surface area contributed by atoms with Crippen LogP contribution in [0.15, 0.2) is 27.6 Å². The molecule has 0 amide bonds. The van der Waals surface area contributed by atoms with Crippen LogP contribution in [-0.2, 0) is 19.5 Å². The van der Waals surface area contributed by atoms with Crippen molar-refractivity contribution in [2.24, 2.45) is 0 Å². The van der Waals surface area contributed by atoms with Crippen molar-refractivity contribution in [1.29, 1.82) is 0 Å². The van der Waals surface area contributed by atoms with E-state index < -0.39 is 22.1 Å². The SMILES string of the molecule is COCC(CNS(=O)(=O)c1cc(C(=O)O)ccc1Br)OC. The minimum Gasteiger partial charge on any atom is -0.478 e. The maximum absolute atomic E-state index is 12.2. The van der Waals surface area contributed by atoms with Gasteiger partial charge in [-0.25, -0.2) is 17.9 Å². The molecule has 1 unspecified atom stereocenters. The van der Waals surface area contributed by atoms with Gasteiger partial charge in [-0.15, -0.1) is 0 Å². The van der Waals surface area contributed by atoms with Gasteiger partial charge in [-0.2, -0.15) is 0 Å². The summed E-state index contributed by atoms with van der Waals surface area (Å²) >= 11 is 3.10. The van der Waals surface area contributed by atoms with E-state index in [1.807, 2.05) is 0 Å². The zero-order valence-electron chi connectivity index (χ0n) is 11.5. The Hall–Kier alpha value is -1.00. The molecular weight excluding hydrogens is 366 g/mol. The number of rotatable bonds is 8. The Morgan fingerprint density at radius 1 is 1.43 bits per heavy atom. The fourth-order valence-corrected chi connectivity index (χ4v) is 3.57. The Labute approximate surface area is 131 Å². The first-order valence-electron chi connectivity index (χ1n) is 5.86. The van der Waals surface area contributed by atoms with E-state index in [9.17, 15) is 13.2 Å². The van der Waals surface area contributed by atoms with Gasteiger partial charge in [0.05, 0.1) is 23.2 Å². The molecule has 0 saturated heterocycles. The van der Waals surface area contributed by atoms with E-state index in [2.05, 4.69) is 20.7 Å². The molecule has 0 aliphatic rings. The number of aromatic carboxylic acids is 1.